The third-order valence-corrected chi connectivity index (χ3v) is 13.4. The number of phenolic OH excluding ortho intramolecular Hbond substituents is 1. The summed E-state index contributed by atoms with van der Waals surface area (Å²) in [7, 11) is 0. The van der Waals surface area contributed by atoms with E-state index in [1.807, 2.05) is 11.0 Å². The minimum absolute atomic E-state index is 0.00309. The number of aromatic hydroxyl groups is 1. The summed E-state index contributed by atoms with van der Waals surface area (Å²) in [6, 6.07) is 14.5. The Kier molecular flexibility index (Phi) is 15.0. The van der Waals surface area contributed by atoms with Crippen LogP contribution in [0.5, 0.6) is 11.5 Å². The molecule has 0 bridgehead atoms. The number of morpholine rings is 1. The lowest BCUT2D eigenvalue weighted by Gasteiger charge is -2.47. The van der Waals surface area contributed by atoms with Crippen LogP contribution in [0.1, 0.15) is 103 Å². The van der Waals surface area contributed by atoms with Crippen LogP contribution in [0, 0.1) is 0 Å². The lowest BCUT2D eigenvalue weighted by molar-refractivity contribution is -0.135. The number of benzene rings is 2. The van der Waals surface area contributed by atoms with Crippen molar-refractivity contribution in [2.75, 3.05) is 77.6 Å². The Morgan fingerprint density at radius 3 is 2.64 bits per heavy atom. The number of ether oxygens (including phenoxy) is 3. The predicted molar refractivity (Wildman–Crippen MR) is 230 cm³/mol. The lowest BCUT2D eigenvalue weighted by atomic mass is 9.89. The van der Waals surface area contributed by atoms with Gasteiger partial charge in [0.2, 0.25) is 5.91 Å². The maximum absolute atomic E-state index is 13.6. The zero-order valence-electron chi connectivity index (χ0n) is 35.0. The third-order valence-electron chi connectivity index (χ3n) is 12.5. The summed E-state index contributed by atoms with van der Waals surface area (Å²) in [5, 5.41) is 18.5. The van der Waals surface area contributed by atoms with E-state index in [9.17, 15) is 19.5 Å². The van der Waals surface area contributed by atoms with Crippen molar-refractivity contribution in [3.8, 4) is 11.5 Å². The van der Waals surface area contributed by atoms with Crippen molar-refractivity contribution in [1.29, 1.82) is 0 Å². The van der Waals surface area contributed by atoms with Gasteiger partial charge in [0, 0.05) is 45.3 Å². The molecular weight excluding hydrogens is 767 g/mol. The highest BCUT2D eigenvalue weighted by Crippen LogP contribution is 2.39. The van der Waals surface area contributed by atoms with E-state index in [-0.39, 0.29) is 41.7 Å². The van der Waals surface area contributed by atoms with Crippen LogP contribution in [0.25, 0.3) is 0 Å². The van der Waals surface area contributed by atoms with Crippen molar-refractivity contribution < 1.29 is 33.7 Å². The molecule has 3 amide bonds. The van der Waals surface area contributed by atoms with Gasteiger partial charge >= 0.3 is 0 Å². The number of nitrogens with one attached hydrogen (secondary N) is 2. The van der Waals surface area contributed by atoms with Gasteiger partial charge in [-0.1, -0.05) is 63.4 Å². The van der Waals surface area contributed by atoms with E-state index in [4.69, 9.17) is 14.2 Å². The Bertz CT molecular complexity index is 1890. The van der Waals surface area contributed by atoms with Crippen LogP contribution >= 0.6 is 11.3 Å². The molecule has 13 heteroatoms. The molecule has 2 aromatic carbocycles. The highest BCUT2D eigenvalue weighted by molar-refractivity contribution is 7.12. The van der Waals surface area contributed by atoms with Gasteiger partial charge in [0.1, 0.15) is 11.4 Å². The van der Waals surface area contributed by atoms with E-state index in [0.29, 0.717) is 82.7 Å². The number of likely N-dealkylation sites (tertiary alicyclic amines) is 1. The number of nitrogens with zero attached hydrogens (tertiary/aromatic N) is 3. The molecule has 3 N–H and O–H groups in total. The average molecular weight is 830 g/mol. The van der Waals surface area contributed by atoms with Gasteiger partial charge in [-0.05, 0) is 90.8 Å². The number of carbonyl (C=O) groups is 3. The number of thiophene rings is 1. The third kappa shape index (κ3) is 11.4. The topological polar surface area (TPSA) is 133 Å². The molecule has 59 heavy (non-hydrogen) atoms. The minimum Gasteiger partial charge on any atom is -0.506 e. The maximum Gasteiger partial charge on any atom is 0.264 e. The van der Waals surface area contributed by atoms with Gasteiger partial charge in [-0.2, -0.15) is 0 Å². The van der Waals surface area contributed by atoms with E-state index < -0.39 is 0 Å². The fraction of sp³-hybridized carbons (Fsp3) is 0.587. The van der Waals surface area contributed by atoms with Crippen LogP contribution in [-0.4, -0.2) is 121 Å². The Labute approximate surface area is 353 Å². The van der Waals surface area contributed by atoms with E-state index in [1.54, 1.807) is 17.4 Å². The van der Waals surface area contributed by atoms with Crippen LogP contribution in [0.4, 0.5) is 5.69 Å². The Morgan fingerprint density at radius 2 is 1.85 bits per heavy atom. The zero-order valence-corrected chi connectivity index (χ0v) is 35.8. The first kappa shape index (κ1) is 43.1. The lowest BCUT2D eigenvalue weighted by Crippen LogP contribution is -2.57. The molecule has 3 aliphatic heterocycles. The molecule has 4 aliphatic rings. The van der Waals surface area contributed by atoms with Crippen molar-refractivity contribution in [2.45, 2.75) is 102 Å². The smallest absolute Gasteiger partial charge is 0.264 e. The van der Waals surface area contributed by atoms with Gasteiger partial charge in [-0.25, -0.2) is 0 Å². The summed E-state index contributed by atoms with van der Waals surface area (Å²) in [5.74, 6) is 0.954. The van der Waals surface area contributed by atoms with Gasteiger partial charge in [-0.3, -0.25) is 19.3 Å². The zero-order chi connectivity index (χ0) is 41.2. The molecule has 2 saturated heterocycles. The van der Waals surface area contributed by atoms with Crippen molar-refractivity contribution >= 4 is 34.7 Å². The highest BCUT2D eigenvalue weighted by Gasteiger charge is 2.41. The monoisotopic (exact) mass is 829 g/mol. The number of amides is 3. The standard InChI is InChI=1S/C46H63N5O7S/c1-33(2)37-28-40(59-31-37)45(55)50-23-26-58-46(32-50)16-20-49(21-17-46)29-35-8-6-7-34(27-35)14-24-56-25-15-42(54)51(38-9-4-3-5-10-38)22-19-47-18-13-36-11-12-39(52)43-44(36)57-30-41(53)48-43/h6-8,11-12,27-28,31,33,38,47,52H,3-5,9-10,13-26,29-30,32H2,1-2H3,(H,48,53). The maximum atomic E-state index is 13.6. The van der Waals surface area contributed by atoms with Gasteiger partial charge in [-0.15, -0.1) is 11.3 Å². The summed E-state index contributed by atoms with van der Waals surface area (Å²) < 4.78 is 18.1. The van der Waals surface area contributed by atoms with Gasteiger partial charge in [0.05, 0.1) is 43.3 Å². The molecule has 1 saturated carbocycles. The molecule has 3 aromatic rings. The van der Waals surface area contributed by atoms with Crippen LogP contribution in [0.3, 0.4) is 0 Å². The van der Waals surface area contributed by atoms with E-state index in [1.165, 1.54) is 23.1 Å². The highest BCUT2D eigenvalue weighted by atomic mass is 32.1. The van der Waals surface area contributed by atoms with Gasteiger partial charge in [0.15, 0.2) is 12.4 Å². The van der Waals surface area contributed by atoms with Crippen LogP contribution in [0.15, 0.2) is 47.8 Å². The number of phenols is 1. The molecule has 4 heterocycles. The molecule has 1 spiro atoms. The Morgan fingerprint density at radius 1 is 1.03 bits per heavy atom. The Hall–Kier alpha value is -4.01. The largest absolute Gasteiger partial charge is 0.506 e. The summed E-state index contributed by atoms with van der Waals surface area (Å²) in [4.78, 5) is 46.1. The number of rotatable bonds is 17. The molecule has 12 nitrogen and oxygen atoms in total. The molecule has 0 unspecified atom stereocenters. The predicted octanol–water partition coefficient (Wildman–Crippen LogP) is 6.36. The average Bonchev–Trinajstić information content (AvgIpc) is 3.75. The minimum atomic E-state index is -0.279. The number of anilines is 1. The molecule has 0 atom stereocenters. The summed E-state index contributed by atoms with van der Waals surface area (Å²) in [6.45, 7) is 11.9. The van der Waals surface area contributed by atoms with Gasteiger partial charge in [0.25, 0.3) is 11.8 Å². The second-order valence-corrected chi connectivity index (χ2v) is 17.9. The van der Waals surface area contributed by atoms with Crippen molar-refractivity contribution in [3.05, 3.63) is 75.0 Å². The molecule has 0 radical (unpaired) electrons. The number of hydrogen-bond acceptors (Lipinski definition) is 10. The molecule has 3 fully saturated rings. The molecule has 7 rings (SSSR count). The first-order valence-corrected chi connectivity index (χ1v) is 22.7. The number of hydrogen-bond donors (Lipinski definition) is 3. The van der Waals surface area contributed by atoms with Crippen LogP contribution < -0.4 is 15.4 Å². The van der Waals surface area contributed by atoms with Crippen LogP contribution in [-0.2, 0) is 38.4 Å². The molecule has 1 aliphatic carbocycles. The normalized spacial score (nSPS) is 18.4. The van der Waals surface area contributed by atoms with Crippen molar-refractivity contribution in [1.82, 2.24) is 20.0 Å². The quantitative estimate of drug-likeness (QED) is 0.105. The van der Waals surface area contributed by atoms with Gasteiger partial charge < -0.3 is 39.8 Å². The second kappa shape index (κ2) is 20.5. The first-order chi connectivity index (χ1) is 28.7. The molecule has 320 valence electrons. The fourth-order valence-corrected chi connectivity index (χ4v) is 10.00. The molecular formula is C46H63N5O7S. The van der Waals surface area contributed by atoms with Crippen molar-refractivity contribution in [2.24, 2.45) is 0 Å². The summed E-state index contributed by atoms with van der Waals surface area (Å²) in [5.41, 5.74) is 4.74. The number of fused-ring (bicyclic) bond motifs is 1. The number of piperidine rings is 1. The second-order valence-electron chi connectivity index (χ2n) is 17.0. The van der Waals surface area contributed by atoms with Crippen LogP contribution in [0.2, 0.25) is 0 Å². The van der Waals surface area contributed by atoms with E-state index in [0.717, 1.165) is 75.0 Å². The molecule has 1 aromatic heterocycles. The van der Waals surface area contributed by atoms with E-state index in [2.05, 4.69) is 70.0 Å². The SMILES string of the molecule is CC(C)c1csc(C(=O)N2CCOC3(CCN(Cc4cccc(CCOCCC(=O)N(CCNCCc5ccc(O)c6c5OCC(=O)N6)C5CCCCC5)c4)CC3)C2)c1. The Balaban J connectivity index is 0.810. The summed E-state index contributed by atoms with van der Waals surface area (Å²) in [6.07, 6.45) is 9.31. The number of carbonyl (C=O) groups excluding carboxylic acids is 3. The van der Waals surface area contributed by atoms with Crippen molar-refractivity contribution in [3.63, 3.8) is 0 Å². The van der Waals surface area contributed by atoms with E-state index >= 15 is 0 Å². The summed E-state index contributed by atoms with van der Waals surface area (Å²) >= 11 is 1.56. The fourth-order valence-electron chi connectivity index (χ4n) is 8.96. The first-order valence-electron chi connectivity index (χ1n) is 21.8.